The average molecular weight is 292 g/mol. The summed E-state index contributed by atoms with van der Waals surface area (Å²) >= 11 is 0. The van der Waals surface area contributed by atoms with Crippen LogP contribution in [0.5, 0.6) is 0 Å². The number of unbranched alkanes of at least 4 members (excludes halogenated alkanes) is 2. The second-order valence-corrected chi connectivity index (χ2v) is 6.34. The summed E-state index contributed by atoms with van der Waals surface area (Å²) in [5.41, 5.74) is 0.658. The maximum atomic E-state index is 14.3. The van der Waals surface area contributed by atoms with Gasteiger partial charge >= 0.3 is 7.12 Å². The van der Waals surface area contributed by atoms with Crippen LogP contribution >= 0.6 is 0 Å². The number of hydrogen-bond acceptors (Lipinski definition) is 2. The maximum absolute atomic E-state index is 14.3. The van der Waals surface area contributed by atoms with Gasteiger partial charge in [0.2, 0.25) is 0 Å². The molecule has 1 aromatic rings. The van der Waals surface area contributed by atoms with Crippen LogP contribution in [0.3, 0.4) is 0 Å². The molecule has 2 N–H and O–H groups in total. The Morgan fingerprint density at radius 2 is 1.86 bits per heavy atom. The van der Waals surface area contributed by atoms with E-state index >= 15 is 0 Å². The van der Waals surface area contributed by atoms with Gasteiger partial charge in [0.15, 0.2) is 0 Å². The molecule has 0 spiro atoms. The third kappa shape index (κ3) is 4.30. The monoisotopic (exact) mass is 292 g/mol. The lowest BCUT2D eigenvalue weighted by Gasteiger charge is -2.29. The lowest BCUT2D eigenvalue weighted by molar-refractivity contribution is 0.299. The van der Waals surface area contributed by atoms with Gasteiger partial charge in [-0.15, -0.1) is 0 Å². The highest BCUT2D eigenvalue weighted by molar-refractivity contribution is 6.58. The second kappa shape index (κ2) is 7.95. The molecule has 0 amide bonds. The zero-order valence-electron chi connectivity index (χ0n) is 12.9. The van der Waals surface area contributed by atoms with Crippen molar-refractivity contribution in [3.63, 3.8) is 0 Å². The van der Waals surface area contributed by atoms with Crippen molar-refractivity contribution >= 4 is 12.6 Å². The molecule has 0 saturated heterocycles. The lowest BCUT2D eigenvalue weighted by atomic mass is 9.73. The molecule has 1 aromatic carbocycles. The van der Waals surface area contributed by atoms with Crippen LogP contribution in [0.4, 0.5) is 4.39 Å². The Bertz CT molecular complexity index is 442. The summed E-state index contributed by atoms with van der Waals surface area (Å²) in [5.74, 6) is 0.593. The van der Waals surface area contributed by atoms with E-state index in [2.05, 4.69) is 6.92 Å². The highest BCUT2D eigenvalue weighted by Crippen LogP contribution is 2.38. The van der Waals surface area contributed by atoms with Crippen LogP contribution in [0.25, 0.3) is 0 Å². The van der Waals surface area contributed by atoms with Gasteiger partial charge in [0.05, 0.1) is 0 Å². The molecule has 1 aliphatic rings. The van der Waals surface area contributed by atoms with Crippen LogP contribution in [0.2, 0.25) is 0 Å². The molecule has 2 rings (SSSR count). The zero-order chi connectivity index (χ0) is 15.2. The van der Waals surface area contributed by atoms with Crippen molar-refractivity contribution in [2.45, 2.75) is 64.2 Å². The summed E-state index contributed by atoms with van der Waals surface area (Å²) in [4.78, 5) is 0. The first-order valence-electron chi connectivity index (χ1n) is 8.28. The van der Waals surface area contributed by atoms with E-state index in [1.807, 2.05) is 0 Å². The lowest BCUT2D eigenvalue weighted by Crippen LogP contribution is -2.34. The van der Waals surface area contributed by atoms with Gasteiger partial charge in [-0.3, -0.25) is 0 Å². The molecule has 0 bridgehead atoms. The van der Waals surface area contributed by atoms with E-state index in [1.54, 1.807) is 12.1 Å². The van der Waals surface area contributed by atoms with E-state index in [9.17, 15) is 14.4 Å². The molecule has 0 aromatic heterocycles. The standard InChI is InChI=1S/C17H26BFO2/c1-2-3-4-6-13-9-11-14(12-10-13)15-7-5-8-16(17(15)19)18(20)21/h5,7-8,13-14,20-21H,2-4,6,9-12H2,1H3. The van der Waals surface area contributed by atoms with Crippen molar-refractivity contribution in [2.24, 2.45) is 5.92 Å². The fourth-order valence-electron chi connectivity index (χ4n) is 3.53. The average Bonchev–Trinajstić information content (AvgIpc) is 2.48. The number of benzene rings is 1. The van der Waals surface area contributed by atoms with Crippen LogP contribution in [0.15, 0.2) is 18.2 Å². The smallest absolute Gasteiger partial charge is 0.423 e. The highest BCUT2D eigenvalue weighted by Gasteiger charge is 2.26. The van der Waals surface area contributed by atoms with Crippen molar-refractivity contribution in [1.82, 2.24) is 0 Å². The molecule has 0 radical (unpaired) electrons. The normalized spacial score (nSPS) is 22.3. The molecule has 1 saturated carbocycles. The Morgan fingerprint density at radius 3 is 2.48 bits per heavy atom. The molecule has 1 fully saturated rings. The molecule has 21 heavy (non-hydrogen) atoms. The molecular weight excluding hydrogens is 266 g/mol. The summed E-state index contributed by atoms with van der Waals surface area (Å²) in [6.07, 6.45) is 9.55. The molecule has 0 unspecified atom stereocenters. The Hall–Kier alpha value is -0.865. The van der Waals surface area contributed by atoms with Crippen molar-refractivity contribution < 1.29 is 14.4 Å². The topological polar surface area (TPSA) is 40.5 Å². The van der Waals surface area contributed by atoms with Crippen LogP contribution in [-0.2, 0) is 0 Å². The van der Waals surface area contributed by atoms with Crippen molar-refractivity contribution in [3.05, 3.63) is 29.6 Å². The third-order valence-electron chi connectivity index (χ3n) is 4.84. The van der Waals surface area contributed by atoms with Crippen molar-refractivity contribution in [1.29, 1.82) is 0 Å². The van der Waals surface area contributed by atoms with E-state index in [0.29, 0.717) is 5.56 Å². The Balaban J connectivity index is 1.95. The maximum Gasteiger partial charge on any atom is 0.491 e. The molecule has 0 atom stereocenters. The first-order chi connectivity index (χ1) is 10.1. The van der Waals surface area contributed by atoms with Gasteiger partial charge in [-0.2, -0.15) is 0 Å². The minimum absolute atomic E-state index is 0.00225. The predicted octanol–water partition coefficient (Wildman–Crippen LogP) is 3.36. The molecule has 0 heterocycles. The van der Waals surface area contributed by atoms with Crippen LogP contribution in [0, 0.1) is 11.7 Å². The van der Waals surface area contributed by atoms with Gasteiger partial charge in [-0.25, -0.2) is 4.39 Å². The van der Waals surface area contributed by atoms with Gasteiger partial charge in [-0.05, 0) is 43.1 Å². The fourth-order valence-corrected chi connectivity index (χ4v) is 3.53. The quantitative estimate of drug-likeness (QED) is 0.623. The van der Waals surface area contributed by atoms with Crippen LogP contribution in [-0.4, -0.2) is 17.2 Å². The van der Waals surface area contributed by atoms with Crippen LogP contribution in [0.1, 0.15) is 69.8 Å². The van der Waals surface area contributed by atoms with Crippen molar-refractivity contribution in [3.8, 4) is 0 Å². The van der Waals surface area contributed by atoms with E-state index in [-0.39, 0.29) is 11.4 Å². The Morgan fingerprint density at radius 1 is 1.14 bits per heavy atom. The first-order valence-corrected chi connectivity index (χ1v) is 8.28. The number of rotatable bonds is 6. The summed E-state index contributed by atoms with van der Waals surface area (Å²) in [7, 11) is -1.73. The van der Waals surface area contributed by atoms with E-state index in [1.165, 1.54) is 44.6 Å². The molecule has 116 valence electrons. The molecule has 4 heteroatoms. The zero-order valence-corrected chi connectivity index (χ0v) is 12.9. The fraction of sp³-hybridized carbons (Fsp3) is 0.647. The van der Waals surface area contributed by atoms with E-state index in [0.717, 1.165) is 18.8 Å². The highest BCUT2D eigenvalue weighted by atomic mass is 19.1. The predicted molar refractivity (Wildman–Crippen MR) is 85.1 cm³/mol. The van der Waals surface area contributed by atoms with Gasteiger partial charge < -0.3 is 10.0 Å². The molecular formula is C17H26BFO2. The van der Waals surface area contributed by atoms with E-state index < -0.39 is 12.9 Å². The van der Waals surface area contributed by atoms with Gasteiger partial charge in [0.1, 0.15) is 5.82 Å². The van der Waals surface area contributed by atoms with Gasteiger partial charge in [0.25, 0.3) is 0 Å². The summed E-state index contributed by atoms with van der Waals surface area (Å²) in [6, 6.07) is 4.96. The summed E-state index contributed by atoms with van der Waals surface area (Å²) in [5, 5.41) is 18.4. The summed E-state index contributed by atoms with van der Waals surface area (Å²) in [6.45, 7) is 2.22. The summed E-state index contributed by atoms with van der Waals surface area (Å²) < 4.78 is 14.3. The largest absolute Gasteiger partial charge is 0.491 e. The number of hydrogen-bond donors (Lipinski definition) is 2. The van der Waals surface area contributed by atoms with E-state index in [4.69, 9.17) is 0 Å². The SMILES string of the molecule is CCCCCC1CCC(c2cccc(B(O)O)c2F)CC1. The molecule has 2 nitrogen and oxygen atoms in total. The first kappa shape index (κ1) is 16.5. The molecule has 0 aliphatic heterocycles. The Labute approximate surface area is 127 Å². The van der Waals surface area contributed by atoms with Crippen LogP contribution < -0.4 is 5.46 Å². The Kier molecular flexibility index (Phi) is 6.25. The number of halogens is 1. The minimum atomic E-state index is -1.73. The van der Waals surface area contributed by atoms with Crippen molar-refractivity contribution in [2.75, 3.05) is 0 Å². The van der Waals surface area contributed by atoms with Gasteiger partial charge in [0, 0.05) is 5.46 Å². The molecule has 1 aliphatic carbocycles. The minimum Gasteiger partial charge on any atom is -0.423 e. The van der Waals surface area contributed by atoms with Gasteiger partial charge in [-0.1, -0.05) is 50.8 Å². The third-order valence-corrected chi connectivity index (χ3v) is 4.84. The second-order valence-electron chi connectivity index (χ2n) is 6.34.